The van der Waals surface area contributed by atoms with E-state index >= 15 is 0 Å². The van der Waals surface area contributed by atoms with Crippen molar-refractivity contribution < 1.29 is 72.1 Å². The molecule has 1 saturated heterocycles. The lowest BCUT2D eigenvalue weighted by Gasteiger charge is -2.43. The van der Waals surface area contributed by atoms with E-state index in [1.807, 2.05) is 0 Å². The topological polar surface area (TPSA) is 209 Å². The van der Waals surface area contributed by atoms with Crippen molar-refractivity contribution in [3.05, 3.63) is 51.6 Å². The van der Waals surface area contributed by atoms with Crippen molar-refractivity contribution >= 4 is 23.3 Å². The van der Waals surface area contributed by atoms with Gasteiger partial charge in [-0.15, -0.1) is 0 Å². The summed E-state index contributed by atoms with van der Waals surface area (Å²) >= 11 is 0. The molecule has 242 valence electrons. The van der Waals surface area contributed by atoms with Crippen LogP contribution >= 0.6 is 0 Å². The van der Waals surface area contributed by atoms with E-state index in [-0.39, 0.29) is 28.0 Å². The molecule has 0 aromatic heterocycles. The summed E-state index contributed by atoms with van der Waals surface area (Å²) in [6.07, 6.45) is -13.3. The summed E-state index contributed by atoms with van der Waals surface area (Å²) in [7, 11) is 1.25. The molecule has 1 fully saturated rings. The number of hydrogen-bond donors (Lipinski definition) is 6. The fourth-order valence-electron chi connectivity index (χ4n) is 6.11. The number of rotatable bonds is 6. The van der Waals surface area contributed by atoms with Gasteiger partial charge in [-0.05, 0) is 13.0 Å². The number of Topliss-reactive ketones (excluding diaryl/α,β-unsaturated/α-hetero) is 1. The van der Waals surface area contributed by atoms with E-state index in [2.05, 4.69) is 0 Å². The van der Waals surface area contributed by atoms with Crippen LogP contribution < -0.4 is 10.1 Å². The van der Waals surface area contributed by atoms with Crippen LogP contribution in [0.5, 0.6) is 17.2 Å². The van der Waals surface area contributed by atoms with Crippen LogP contribution in [0.15, 0.2) is 18.2 Å². The molecule has 5 rings (SSSR count). The van der Waals surface area contributed by atoms with Crippen molar-refractivity contribution in [1.82, 2.24) is 5.32 Å². The van der Waals surface area contributed by atoms with Crippen molar-refractivity contribution in [3.8, 4) is 17.2 Å². The first-order valence-electron chi connectivity index (χ1n) is 13.6. The fourth-order valence-corrected chi connectivity index (χ4v) is 6.11. The molecule has 6 atom stereocenters. The molecule has 0 bridgehead atoms. The fraction of sp³-hybridized carbons (Fsp3) is 0.448. The number of aliphatic hydroxyl groups excluding tert-OH is 2. The number of alkyl halides is 3. The molecule has 0 spiro atoms. The number of aromatic hydroxyl groups is 2. The third-order valence-corrected chi connectivity index (χ3v) is 8.33. The highest BCUT2D eigenvalue weighted by atomic mass is 19.4. The van der Waals surface area contributed by atoms with Crippen LogP contribution in [0.25, 0.3) is 0 Å². The maximum absolute atomic E-state index is 13.7. The Labute approximate surface area is 252 Å². The summed E-state index contributed by atoms with van der Waals surface area (Å²) < 4.78 is 55.5. The zero-order chi connectivity index (χ0) is 33.2. The standard InChI is InChI=1S/C29H28F3NO12/c1-10-22(36)13(33-27(41)29(30,31)32)6-17(44-10)45-15-8-28(42,16(35)9-34)7-12-19(15)26(40)21-20(24(12)38)23(37)11-4-3-5-14(43-2)18(11)25(21)39/h3-5,10,13,15,17,22,34,36,38,40,42H,6-9H2,1-2H3,(H,33,41)/t10-,13-,15-,17-,22+,28-/m0/s1. The number of fused-ring (bicyclic) bond motifs is 3. The van der Waals surface area contributed by atoms with E-state index < -0.39 is 114 Å². The zero-order valence-electron chi connectivity index (χ0n) is 23.7. The molecular weight excluding hydrogens is 611 g/mol. The number of phenolic OH excluding ortho intramolecular Hbond substituents is 2. The number of ether oxygens (including phenoxy) is 3. The highest BCUT2D eigenvalue weighted by molar-refractivity contribution is 6.31. The third kappa shape index (κ3) is 5.31. The Morgan fingerprint density at radius 3 is 2.40 bits per heavy atom. The van der Waals surface area contributed by atoms with Gasteiger partial charge < -0.3 is 45.1 Å². The van der Waals surface area contributed by atoms with Crippen LogP contribution in [-0.2, 0) is 25.5 Å². The molecule has 1 amide bonds. The van der Waals surface area contributed by atoms with Gasteiger partial charge in [-0.1, -0.05) is 12.1 Å². The second-order valence-corrected chi connectivity index (χ2v) is 11.1. The van der Waals surface area contributed by atoms with Crippen molar-refractivity contribution in [2.75, 3.05) is 13.7 Å². The minimum Gasteiger partial charge on any atom is -0.507 e. The molecule has 2 aromatic carbocycles. The van der Waals surface area contributed by atoms with E-state index in [0.29, 0.717) is 0 Å². The molecule has 2 aliphatic carbocycles. The molecule has 2 aromatic rings. The Kier molecular flexibility index (Phi) is 8.16. The lowest BCUT2D eigenvalue weighted by molar-refractivity contribution is -0.250. The highest BCUT2D eigenvalue weighted by Gasteiger charge is 2.51. The molecule has 13 nitrogen and oxygen atoms in total. The predicted molar refractivity (Wildman–Crippen MR) is 142 cm³/mol. The first-order chi connectivity index (χ1) is 21.0. The number of aliphatic hydroxyl groups is 3. The van der Waals surface area contributed by atoms with E-state index in [1.165, 1.54) is 32.2 Å². The number of carbonyl (C=O) groups is 4. The van der Waals surface area contributed by atoms with Crippen LogP contribution in [0.3, 0.4) is 0 Å². The van der Waals surface area contributed by atoms with E-state index in [0.717, 1.165) is 0 Å². The summed E-state index contributed by atoms with van der Waals surface area (Å²) in [5, 5.41) is 55.8. The van der Waals surface area contributed by atoms with Crippen LogP contribution in [0.2, 0.25) is 0 Å². The summed E-state index contributed by atoms with van der Waals surface area (Å²) in [4.78, 5) is 51.5. The molecule has 0 unspecified atom stereocenters. The van der Waals surface area contributed by atoms with Crippen molar-refractivity contribution in [2.24, 2.45) is 0 Å². The molecular formula is C29H28F3NO12. The first kappa shape index (κ1) is 32.3. The maximum Gasteiger partial charge on any atom is 0.471 e. The summed E-state index contributed by atoms with van der Waals surface area (Å²) in [6, 6.07) is 2.60. The monoisotopic (exact) mass is 639 g/mol. The Morgan fingerprint density at radius 2 is 1.78 bits per heavy atom. The van der Waals surface area contributed by atoms with Crippen molar-refractivity contribution in [3.63, 3.8) is 0 Å². The van der Waals surface area contributed by atoms with E-state index in [1.54, 1.807) is 5.32 Å². The molecule has 1 heterocycles. The number of phenols is 2. The summed E-state index contributed by atoms with van der Waals surface area (Å²) in [6.45, 7) is 0.123. The Hall–Kier alpha value is -4.09. The third-order valence-electron chi connectivity index (χ3n) is 8.33. The number of amides is 1. The van der Waals surface area contributed by atoms with Crippen LogP contribution in [0, 0.1) is 0 Å². The smallest absolute Gasteiger partial charge is 0.471 e. The van der Waals surface area contributed by atoms with Gasteiger partial charge in [0, 0.05) is 36.0 Å². The SMILES string of the molecule is COc1cccc2c1C(=O)c1c(O)c3c(c(O)c1C2=O)C[C@@](O)(C(=O)CO)C[C@@H]3O[C@H]1C[C@H](NC(=O)C(F)(F)F)[C@H](O)[C@H](C)O1. The number of benzene rings is 2. The Balaban J connectivity index is 1.61. The normalized spacial score (nSPS) is 27.7. The summed E-state index contributed by atoms with van der Waals surface area (Å²) in [5.74, 6) is -6.94. The maximum atomic E-state index is 13.7. The zero-order valence-corrected chi connectivity index (χ0v) is 23.7. The summed E-state index contributed by atoms with van der Waals surface area (Å²) in [5.41, 5.74) is -4.74. The van der Waals surface area contributed by atoms with Gasteiger partial charge in [0.05, 0.1) is 42.0 Å². The Bertz CT molecular complexity index is 1610. The van der Waals surface area contributed by atoms with E-state index in [9.17, 15) is 57.9 Å². The quantitative estimate of drug-likeness (QED) is 0.206. The van der Waals surface area contributed by atoms with Crippen LogP contribution in [0.1, 0.15) is 68.8 Å². The number of ketones is 3. The van der Waals surface area contributed by atoms with Gasteiger partial charge >= 0.3 is 12.1 Å². The van der Waals surface area contributed by atoms with E-state index in [4.69, 9.17) is 14.2 Å². The van der Waals surface area contributed by atoms with Gasteiger partial charge in [0.2, 0.25) is 5.78 Å². The lowest BCUT2D eigenvalue weighted by atomic mass is 9.72. The molecule has 0 saturated carbocycles. The number of carbonyl (C=O) groups excluding carboxylic acids is 4. The number of halogens is 3. The van der Waals surface area contributed by atoms with Gasteiger partial charge in [0.15, 0.2) is 17.9 Å². The molecule has 0 radical (unpaired) electrons. The largest absolute Gasteiger partial charge is 0.507 e. The molecule has 1 aliphatic heterocycles. The average molecular weight is 640 g/mol. The van der Waals surface area contributed by atoms with Gasteiger partial charge in [-0.25, -0.2) is 0 Å². The number of hydrogen-bond acceptors (Lipinski definition) is 12. The molecule has 16 heteroatoms. The number of nitrogens with one attached hydrogen (secondary N) is 1. The minimum atomic E-state index is -5.27. The van der Waals surface area contributed by atoms with Crippen molar-refractivity contribution in [1.29, 1.82) is 0 Å². The Morgan fingerprint density at radius 1 is 1.11 bits per heavy atom. The van der Waals surface area contributed by atoms with Gasteiger partial charge in [-0.3, -0.25) is 19.2 Å². The predicted octanol–water partition coefficient (Wildman–Crippen LogP) is 0.721. The second kappa shape index (κ2) is 11.4. The molecule has 45 heavy (non-hydrogen) atoms. The van der Waals surface area contributed by atoms with Gasteiger partial charge in [0.1, 0.15) is 35.6 Å². The average Bonchev–Trinajstić information content (AvgIpc) is 2.98. The molecule has 3 aliphatic rings. The van der Waals surface area contributed by atoms with Crippen LogP contribution in [0.4, 0.5) is 13.2 Å². The first-order valence-corrected chi connectivity index (χ1v) is 13.6. The van der Waals surface area contributed by atoms with Crippen LogP contribution in [-0.4, -0.2) is 98.8 Å². The lowest BCUT2D eigenvalue weighted by Crippen LogP contribution is -2.57. The second-order valence-electron chi connectivity index (χ2n) is 11.1. The van der Waals surface area contributed by atoms with Gasteiger partial charge in [-0.2, -0.15) is 13.2 Å². The number of methoxy groups -OCH3 is 1. The molecule has 6 N–H and O–H groups in total. The van der Waals surface area contributed by atoms with Crippen molar-refractivity contribution in [2.45, 2.75) is 68.6 Å². The minimum absolute atomic E-state index is 0.000996. The highest BCUT2D eigenvalue weighted by Crippen LogP contribution is 2.52. The van der Waals surface area contributed by atoms with Gasteiger partial charge in [0.25, 0.3) is 0 Å².